The van der Waals surface area contributed by atoms with Gasteiger partial charge in [-0.15, -0.1) is 0 Å². The van der Waals surface area contributed by atoms with Gasteiger partial charge in [0.25, 0.3) is 5.91 Å². The minimum absolute atomic E-state index is 0.0854. The molecule has 0 aromatic heterocycles. The standard InChI is InChI=1S/C25H22N2O2/c1-17-8-7-13-24(18(17)2)29-16-25(28)27-26-15-23-21-11-5-3-9-19(21)14-20-10-4-6-12-22(20)23/h3-15H,16H2,1-2H3,(H,27,28)/b26-15-. The minimum Gasteiger partial charge on any atom is -0.483 e. The lowest BCUT2D eigenvalue weighted by Crippen LogP contribution is -2.24. The van der Waals surface area contributed by atoms with Gasteiger partial charge in [-0.1, -0.05) is 60.7 Å². The van der Waals surface area contributed by atoms with E-state index in [0.29, 0.717) is 5.75 Å². The number of carbonyl (C=O) groups is 1. The van der Waals surface area contributed by atoms with Gasteiger partial charge in [-0.05, 0) is 58.7 Å². The monoisotopic (exact) mass is 382 g/mol. The van der Waals surface area contributed by atoms with Gasteiger partial charge in [0.15, 0.2) is 6.61 Å². The third-order valence-electron chi connectivity index (χ3n) is 5.11. The van der Waals surface area contributed by atoms with Crippen LogP contribution in [-0.2, 0) is 4.79 Å². The highest BCUT2D eigenvalue weighted by atomic mass is 16.5. The molecular weight excluding hydrogens is 360 g/mol. The van der Waals surface area contributed by atoms with Crippen molar-refractivity contribution in [3.63, 3.8) is 0 Å². The topological polar surface area (TPSA) is 50.7 Å². The van der Waals surface area contributed by atoms with E-state index in [2.05, 4.69) is 40.9 Å². The van der Waals surface area contributed by atoms with E-state index in [1.165, 1.54) is 0 Å². The molecule has 0 aliphatic carbocycles. The van der Waals surface area contributed by atoms with Gasteiger partial charge in [0.2, 0.25) is 0 Å². The Bertz CT molecular complexity index is 1170. The van der Waals surface area contributed by atoms with Crippen LogP contribution >= 0.6 is 0 Å². The summed E-state index contributed by atoms with van der Waals surface area (Å²) < 4.78 is 5.64. The van der Waals surface area contributed by atoms with E-state index in [1.54, 1.807) is 6.21 Å². The summed E-state index contributed by atoms with van der Waals surface area (Å²) in [6.45, 7) is 3.91. The molecule has 0 radical (unpaired) electrons. The lowest BCUT2D eigenvalue weighted by atomic mass is 9.97. The predicted octanol–water partition coefficient (Wildman–Crippen LogP) is 5.14. The van der Waals surface area contributed by atoms with Crippen molar-refractivity contribution in [1.82, 2.24) is 5.43 Å². The quantitative estimate of drug-likeness (QED) is 0.295. The number of benzene rings is 4. The minimum atomic E-state index is -0.299. The van der Waals surface area contributed by atoms with Crippen molar-refractivity contribution in [2.24, 2.45) is 5.10 Å². The zero-order valence-corrected chi connectivity index (χ0v) is 16.5. The van der Waals surface area contributed by atoms with Crippen molar-refractivity contribution in [2.45, 2.75) is 13.8 Å². The first-order chi connectivity index (χ1) is 14.1. The van der Waals surface area contributed by atoms with Crippen molar-refractivity contribution in [3.8, 4) is 5.75 Å². The zero-order valence-electron chi connectivity index (χ0n) is 16.5. The highest BCUT2D eigenvalue weighted by molar-refractivity contribution is 6.13. The second-order valence-corrected chi connectivity index (χ2v) is 7.01. The molecule has 29 heavy (non-hydrogen) atoms. The first kappa shape index (κ1) is 18.7. The molecule has 0 saturated heterocycles. The maximum atomic E-state index is 12.2. The number of carbonyl (C=O) groups excluding carboxylic acids is 1. The molecule has 0 atom stereocenters. The van der Waals surface area contributed by atoms with E-state index in [1.807, 2.05) is 56.3 Å². The van der Waals surface area contributed by atoms with Gasteiger partial charge in [-0.2, -0.15) is 5.10 Å². The second-order valence-electron chi connectivity index (χ2n) is 7.01. The molecule has 1 N–H and O–H groups in total. The molecule has 4 nitrogen and oxygen atoms in total. The molecule has 0 fully saturated rings. The summed E-state index contributed by atoms with van der Waals surface area (Å²) in [4.78, 5) is 12.2. The fourth-order valence-electron chi connectivity index (χ4n) is 3.41. The number of aryl methyl sites for hydroxylation is 1. The van der Waals surface area contributed by atoms with Crippen molar-refractivity contribution < 1.29 is 9.53 Å². The zero-order chi connectivity index (χ0) is 20.2. The Hall–Kier alpha value is -3.66. The average molecular weight is 382 g/mol. The first-order valence-electron chi connectivity index (χ1n) is 9.55. The molecule has 0 bridgehead atoms. The second kappa shape index (κ2) is 8.15. The van der Waals surface area contributed by atoms with Crippen molar-refractivity contribution in [3.05, 3.63) is 89.5 Å². The van der Waals surface area contributed by atoms with Gasteiger partial charge in [-0.25, -0.2) is 5.43 Å². The molecule has 4 aromatic rings. The fraction of sp³-hybridized carbons (Fsp3) is 0.120. The fourth-order valence-corrected chi connectivity index (χ4v) is 3.41. The van der Waals surface area contributed by atoms with E-state index in [4.69, 9.17) is 4.74 Å². The Labute approximate surface area is 169 Å². The third kappa shape index (κ3) is 3.97. The van der Waals surface area contributed by atoms with Crippen LogP contribution < -0.4 is 10.2 Å². The summed E-state index contributed by atoms with van der Waals surface area (Å²) in [5, 5.41) is 8.65. The number of ether oxygens (including phenoxy) is 1. The Balaban J connectivity index is 1.52. The van der Waals surface area contributed by atoms with E-state index in [9.17, 15) is 4.79 Å². The van der Waals surface area contributed by atoms with Gasteiger partial charge in [-0.3, -0.25) is 4.79 Å². The molecule has 0 aliphatic heterocycles. The van der Waals surface area contributed by atoms with Crippen LogP contribution in [0.5, 0.6) is 5.75 Å². The molecule has 0 unspecified atom stereocenters. The summed E-state index contributed by atoms with van der Waals surface area (Å²) in [6.07, 6.45) is 1.71. The van der Waals surface area contributed by atoms with Crippen LogP contribution in [0.4, 0.5) is 0 Å². The Morgan fingerprint density at radius 2 is 1.59 bits per heavy atom. The van der Waals surface area contributed by atoms with Gasteiger partial charge in [0, 0.05) is 5.56 Å². The molecule has 4 heteroatoms. The Kier molecular flexibility index (Phi) is 5.25. The first-order valence-corrected chi connectivity index (χ1v) is 9.55. The number of hydrogen-bond donors (Lipinski definition) is 1. The summed E-state index contributed by atoms with van der Waals surface area (Å²) in [7, 11) is 0. The molecule has 4 aromatic carbocycles. The number of amides is 1. The third-order valence-corrected chi connectivity index (χ3v) is 5.11. The summed E-state index contributed by atoms with van der Waals surface area (Å²) in [6, 6.07) is 24.3. The maximum Gasteiger partial charge on any atom is 0.277 e. The number of hydrazone groups is 1. The van der Waals surface area contributed by atoms with Crippen LogP contribution in [-0.4, -0.2) is 18.7 Å². The van der Waals surface area contributed by atoms with Crippen LogP contribution in [0, 0.1) is 13.8 Å². The largest absolute Gasteiger partial charge is 0.483 e. The SMILES string of the molecule is Cc1cccc(OCC(=O)N/N=C\c2c3ccccc3cc3ccccc23)c1C. The number of fused-ring (bicyclic) bond motifs is 2. The van der Waals surface area contributed by atoms with E-state index in [0.717, 1.165) is 38.2 Å². The van der Waals surface area contributed by atoms with Gasteiger partial charge >= 0.3 is 0 Å². The maximum absolute atomic E-state index is 12.2. The summed E-state index contributed by atoms with van der Waals surface area (Å²) in [5.74, 6) is 0.413. The molecule has 0 aliphatic rings. The summed E-state index contributed by atoms with van der Waals surface area (Å²) in [5.41, 5.74) is 5.71. The van der Waals surface area contributed by atoms with Crippen LogP contribution in [0.3, 0.4) is 0 Å². The van der Waals surface area contributed by atoms with Crippen LogP contribution in [0.15, 0.2) is 77.9 Å². The molecule has 4 rings (SSSR count). The number of nitrogens with zero attached hydrogens (tertiary/aromatic N) is 1. The highest BCUT2D eigenvalue weighted by Gasteiger charge is 2.07. The van der Waals surface area contributed by atoms with Crippen molar-refractivity contribution in [1.29, 1.82) is 0 Å². The smallest absolute Gasteiger partial charge is 0.277 e. The van der Waals surface area contributed by atoms with Crippen LogP contribution in [0.25, 0.3) is 21.5 Å². The predicted molar refractivity (Wildman–Crippen MR) is 119 cm³/mol. The summed E-state index contributed by atoms with van der Waals surface area (Å²) >= 11 is 0. The Morgan fingerprint density at radius 1 is 0.931 bits per heavy atom. The lowest BCUT2D eigenvalue weighted by Gasteiger charge is -2.10. The number of rotatable bonds is 5. The van der Waals surface area contributed by atoms with Crippen molar-refractivity contribution in [2.75, 3.05) is 6.61 Å². The van der Waals surface area contributed by atoms with E-state index in [-0.39, 0.29) is 12.5 Å². The lowest BCUT2D eigenvalue weighted by molar-refractivity contribution is -0.123. The molecule has 0 spiro atoms. The van der Waals surface area contributed by atoms with Crippen LogP contribution in [0.1, 0.15) is 16.7 Å². The molecule has 1 amide bonds. The molecule has 144 valence electrons. The average Bonchev–Trinajstić information content (AvgIpc) is 2.74. The normalized spacial score (nSPS) is 11.2. The molecule has 0 saturated carbocycles. The van der Waals surface area contributed by atoms with E-state index < -0.39 is 0 Å². The molecule has 0 heterocycles. The van der Waals surface area contributed by atoms with E-state index >= 15 is 0 Å². The number of hydrogen-bond acceptors (Lipinski definition) is 3. The van der Waals surface area contributed by atoms with Gasteiger partial charge < -0.3 is 4.74 Å². The van der Waals surface area contributed by atoms with Gasteiger partial charge in [0.05, 0.1) is 6.21 Å². The van der Waals surface area contributed by atoms with Crippen LogP contribution in [0.2, 0.25) is 0 Å². The highest BCUT2D eigenvalue weighted by Crippen LogP contribution is 2.27. The van der Waals surface area contributed by atoms with Crippen molar-refractivity contribution >= 4 is 33.7 Å². The molecular formula is C25H22N2O2. The van der Waals surface area contributed by atoms with Gasteiger partial charge in [0.1, 0.15) is 5.75 Å². The Morgan fingerprint density at radius 3 is 2.28 bits per heavy atom. The number of nitrogens with one attached hydrogen (secondary N) is 1.